The minimum absolute atomic E-state index is 0.0297. The molecule has 0 spiro atoms. The Labute approximate surface area is 205 Å². The normalized spacial score (nSPS) is 22.5. The molecule has 1 saturated heterocycles. The number of benzene rings is 2. The maximum atomic E-state index is 13.1. The average molecular weight is 482 g/mol. The van der Waals surface area contributed by atoms with Gasteiger partial charge in [-0.25, -0.2) is 4.39 Å². The van der Waals surface area contributed by atoms with Gasteiger partial charge in [-0.3, -0.25) is 9.80 Å². The first-order valence-corrected chi connectivity index (χ1v) is 12.0. The number of nitrogens with zero attached hydrogens (tertiary/aromatic N) is 3. The molecule has 8 heteroatoms. The maximum absolute atomic E-state index is 13.1. The average Bonchev–Trinajstić information content (AvgIpc) is 3.28. The fourth-order valence-corrected chi connectivity index (χ4v) is 5.02. The lowest BCUT2D eigenvalue weighted by Crippen LogP contribution is -2.50. The molecule has 0 aromatic heterocycles. The van der Waals surface area contributed by atoms with E-state index in [2.05, 4.69) is 28.0 Å². The summed E-state index contributed by atoms with van der Waals surface area (Å²) >= 11 is 0. The molecular weight excluding hydrogens is 449 g/mol. The second kappa shape index (κ2) is 10.3. The molecule has 2 aromatic rings. The highest BCUT2D eigenvalue weighted by Gasteiger charge is 2.41. The van der Waals surface area contributed by atoms with E-state index in [0.29, 0.717) is 18.1 Å². The molecule has 0 unspecified atom stereocenters. The van der Waals surface area contributed by atoms with E-state index in [9.17, 15) is 4.39 Å². The summed E-state index contributed by atoms with van der Waals surface area (Å²) in [5, 5.41) is 4.45. The minimum Gasteiger partial charge on any atom is -0.493 e. The zero-order valence-corrected chi connectivity index (χ0v) is 20.5. The summed E-state index contributed by atoms with van der Waals surface area (Å²) in [4.78, 5) is 10.8. The summed E-state index contributed by atoms with van der Waals surface area (Å²) in [6, 6.07) is 10.4. The third kappa shape index (κ3) is 5.13. The second-order valence-electron chi connectivity index (χ2n) is 9.36. The predicted octanol–water partition coefficient (Wildman–Crippen LogP) is 3.68. The molecule has 7 nitrogen and oxygen atoms in total. The summed E-state index contributed by atoms with van der Waals surface area (Å²) in [5.74, 6) is 1.94. The Bertz CT molecular complexity index is 1110. The Hall–Kier alpha value is -3.10. The largest absolute Gasteiger partial charge is 0.493 e. The van der Waals surface area contributed by atoms with Gasteiger partial charge in [0.15, 0.2) is 17.6 Å². The van der Waals surface area contributed by atoms with Gasteiger partial charge < -0.3 is 19.0 Å². The molecule has 3 aliphatic heterocycles. The van der Waals surface area contributed by atoms with Gasteiger partial charge in [-0.2, -0.15) is 0 Å². The zero-order chi connectivity index (χ0) is 24.4. The van der Waals surface area contributed by atoms with Crippen LogP contribution in [0.5, 0.6) is 17.2 Å². The number of hydrogen-bond acceptors (Lipinski definition) is 7. The Kier molecular flexibility index (Phi) is 6.92. The van der Waals surface area contributed by atoms with Crippen LogP contribution < -0.4 is 14.2 Å². The fraction of sp³-hybridized carbons (Fsp3) is 0.444. The molecule has 186 valence electrons. The molecule has 5 rings (SSSR count). The summed E-state index contributed by atoms with van der Waals surface area (Å²) in [6.45, 7) is 8.36. The van der Waals surface area contributed by atoms with Crippen LogP contribution in [-0.2, 0) is 4.84 Å². The van der Waals surface area contributed by atoms with Crippen LogP contribution in [0, 0.1) is 11.7 Å². The van der Waals surface area contributed by atoms with E-state index in [-0.39, 0.29) is 17.8 Å². The summed E-state index contributed by atoms with van der Waals surface area (Å²) in [5.41, 5.74) is 4.14. The van der Waals surface area contributed by atoms with E-state index in [1.54, 1.807) is 14.2 Å². The van der Waals surface area contributed by atoms with E-state index >= 15 is 0 Å². The van der Waals surface area contributed by atoms with Crippen molar-refractivity contribution in [3.8, 4) is 17.2 Å². The van der Waals surface area contributed by atoms with Crippen LogP contribution in [0.25, 0.3) is 6.08 Å². The number of rotatable bonds is 7. The van der Waals surface area contributed by atoms with Crippen molar-refractivity contribution < 1.29 is 23.4 Å². The van der Waals surface area contributed by atoms with Gasteiger partial charge in [-0.15, -0.1) is 0 Å². The molecular formula is C27H32FN3O4. The topological polar surface area (TPSA) is 55.8 Å². The molecule has 0 saturated carbocycles. The summed E-state index contributed by atoms with van der Waals surface area (Å²) < 4.78 is 30.1. The third-order valence-corrected chi connectivity index (χ3v) is 6.93. The number of oxime groups is 1. The lowest BCUT2D eigenvalue weighted by atomic mass is 9.90. The van der Waals surface area contributed by atoms with Gasteiger partial charge in [0.05, 0.1) is 20.1 Å². The van der Waals surface area contributed by atoms with Gasteiger partial charge in [0.2, 0.25) is 0 Å². The number of halogens is 1. The Morgan fingerprint density at radius 2 is 1.74 bits per heavy atom. The first kappa shape index (κ1) is 23.6. The van der Waals surface area contributed by atoms with Crippen LogP contribution in [0.4, 0.5) is 4.39 Å². The van der Waals surface area contributed by atoms with Crippen molar-refractivity contribution in [2.45, 2.75) is 13.0 Å². The van der Waals surface area contributed by atoms with E-state index in [4.69, 9.17) is 19.0 Å². The molecule has 0 bridgehead atoms. The fourth-order valence-electron chi connectivity index (χ4n) is 5.02. The van der Waals surface area contributed by atoms with Crippen molar-refractivity contribution in [2.24, 2.45) is 11.1 Å². The molecule has 0 amide bonds. The van der Waals surface area contributed by atoms with Crippen molar-refractivity contribution in [1.82, 2.24) is 9.80 Å². The van der Waals surface area contributed by atoms with E-state index in [1.165, 1.54) is 17.7 Å². The molecule has 2 aromatic carbocycles. The lowest BCUT2D eigenvalue weighted by Gasteiger charge is -2.36. The Balaban J connectivity index is 1.14. The highest BCUT2D eigenvalue weighted by Crippen LogP contribution is 2.40. The molecule has 0 radical (unpaired) electrons. The van der Waals surface area contributed by atoms with Gasteiger partial charge in [-0.1, -0.05) is 28.9 Å². The van der Waals surface area contributed by atoms with Crippen molar-refractivity contribution in [3.63, 3.8) is 0 Å². The van der Waals surface area contributed by atoms with E-state index in [1.807, 2.05) is 24.3 Å². The van der Waals surface area contributed by atoms with E-state index in [0.717, 1.165) is 61.9 Å². The number of hydrogen-bond donors (Lipinski definition) is 0. The second-order valence-corrected chi connectivity index (χ2v) is 9.36. The first-order chi connectivity index (χ1) is 17.0. The Morgan fingerprint density at radius 1 is 1.06 bits per heavy atom. The molecule has 1 fully saturated rings. The zero-order valence-electron chi connectivity index (χ0n) is 20.5. The van der Waals surface area contributed by atoms with Crippen molar-refractivity contribution in [1.29, 1.82) is 0 Å². The van der Waals surface area contributed by atoms with Crippen LogP contribution in [0.1, 0.15) is 18.1 Å². The molecule has 35 heavy (non-hydrogen) atoms. The predicted molar refractivity (Wildman–Crippen MR) is 133 cm³/mol. The smallest absolute Gasteiger partial charge is 0.164 e. The van der Waals surface area contributed by atoms with Crippen LogP contribution in [0.2, 0.25) is 0 Å². The molecule has 2 atom stereocenters. The summed E-state index contributed by atoms with van der Waals surface area (Å²) in [6.07, 6.45) is 2.10. The molecule has 3 heterocycles. The standard InChI is InChI=1S/C27H32FN3O4/c1-18(12-19-4-6-20(28)7-5-19)15-30-8-10-31(11-9-30)16-26-22-17-34-23-14-25(33-3)24(32-2)13-21(23)27(22)29-35-26/h4-7,12-14,22,26H,8-11,15-17H2,1-3H3/t22-,26-/m0/s1. The first-order valence-electron chi connectivity index (χ1n) is 12.0. The number of methoxy groups -OCH3 is 2. The number of piperazine rings is 1. The van der Waals surface area contributed by atoms with Crippen LogP contribution in [0.15, 0.2) is 47.1 Å². The van der Waals surface area contributed by atoms with Gasteiger partial charge in [0.1, 0.15) is 23.9 Å². The van der Waals surface area contributed by atoms with Crippen molar-refractivity contribution in [2.75, 3.05) is 60.1 Å². The minimum atomic E-state index is -0.205. The Morgan fingerprint density at radius 3 is 2.46 bits per heavy atom. The van der Waals surface area contributed by atoms with Gasteiger partial charge >= 0.3 is 0 Å². The lowest BCUT2D eigenvalue weighted by molar-refractivity contribution is 0.0101. The van der Waals surface area contributed by atoms with Crippen LogP contribution in [0.3, 0.4) is 0 Å². The molecule has 0 aliphatic carbocycles. The highest BCUT2D eigenvalue weighted by molar-refractivity contribution is 6.06. The summed E-state index contributed by atoms with van der Waals surface area (Å²) in [7, 11) is 3.24. The monoisotopic (exact) mass is 481 g/mol. The van der Waals surface area contributed by atoms with Crippen molar-refractivity contribution in [3.05, 3.63) is 58.9 Å². The van der Waals surface area contributed by atoms with Gasteiger partial charge in [0.25, 0.3) is 0 Å². The molecule has 3 aliphatic rings. The number of fused-ring (bicyclic) bond motifs is 3. The SMILES string of the molecule is COc1cc2c(cc1OC)C1=NO[C@@H](CN3CCN(CC(C)=Cc4ccc(F)cc4)CC3)[C@@H]1CO2. The van der Waals surface area contributed by atoms with Crippen LogP contribution >= 0.6 is 0 Å². The van der Waals surface area contributed by atoms with Gasteiger partial charge in [-0.05, 0) is 30.7 Å². The highest BCUT2D eigenvalue weighted by atomic mass is 19.1. The van der Waals surface area contributed by atoms with Crippen LogP contribution in [-0.4, -0.2) is 81.7 Å². The number of ether oxygens (including phenoxy) is 3. The van der Waals surface area contributed by atoms with Gasteiger partial charge in [0, 0.05) is 50.9 Å². The third-order valence-electron chi connectivity index (χ3n) is 6.93. The van der Waals surface area contributed by atoms with E-state index < -0.39 is 0 Å². The van der Waals surface area contributed by atoms with Crippen molar-refractivity contribution >= 4 is 11.8 Å². The maximum Gasteiger partial charge on any atom is 0.164 e. The quantitative estimate of drug-likeness (QED) is 0.602. The molecule has 0 N–H and O–H groups in total.